The predicted molar refractivity (Wildman–Crippen MR) is 92.8 cm³/mol. The number of hydrogen-bond donors (Lipinski definition) is 3. The summed E-state index contributed by atoms with van der Waals surface area (Å²) in [5.41, 5.74) is 1.28. The Kier molecular flexibility index (Phi) is 4.98. The lowest BCUT2D eigenvalue weighted by Gasteiger charge is -2.46. The molecule has 0 radical (unpaired) electrons. The van der Waals surface area contributed by atoms with Crippen LogP contribution in [0.15, 0.2) is 0 Å². The molecule has 3 fully saturated rings. The minimum atomic E-state index is -0.999. The van der Waals surface area contributed by atoms with E-state index in [-0.39, 0.29) is 18.1 Å². The molecule has 152 valence electrons. The number of amides is 4. The molecule has 4 amide bonds. The minimum absolute atomic E-state index is 0.0317. The van der Waals surface area contributed by atoms with Gasteiger partial charge in [0.2, 0.25) is 0 Å². The van der Waals surface area contributed by atoms with Gasteiger partial charge in [-0.3, -0.25) is 19.7 Å². The average molecular weight is 384 g/mol. The highest BCUT2D eigenvalue weighted by molar-refractivity contribution is 5.87. The van der Waals surface area contributed by atoms with Crippen molar-refractivity contribution >= 4 is 18.0 Å². The summed E-state index contributed by atoms with van der Waals surface area (Å²) < 4.78 is 0. The second-order valence-corrected chi connectivity index (χ2v) is 8.60. The first-order valence-electron chi connectivity index (χ1n) is 9.29. The first-order valence-corrected chi connectivity index (χ1v) is 9.29. The van der Waals surface area contributed by atoms with Crippen molar-refractivity contribution in [3.63, 3.8) is 0 Å². The molecule has 0 aromatic rings. The summed E-state index contributed by atoms with van der Waals surface area (Å²) in [5, 5.41) is 20.0. The van der Waals surface area contributed by atoms with Crippen LogP contribution >= 0.6 is 0 Å². The van der Waals surface area contributed by atoms with Gasteiger partial charge in [-0.05, 0) is 31.1 Å². The van der Waals surface area contributed by atoms with Crippen LogP contribution in [-0.2, 0) is 9.63 Å². The molecule has 3 N–H and O–H groups in total. The van der Waals surface area contributed by atoms with E-state index >= 15 is 0 Å². The molecule has 3 saturated heterocycles. The fourth-order valence-electron chi connectivity index (χ4n) is 4.52. The zero-order valence-electron chi connectivity index (χ0n) is 16.0. The number of piperidine rings is 1. The molecule has 0 spiro atoms. The third-order valence-corrected chi connectivity index (χ3v) is 6.25. The molecule has 27 heavy (non-hydrogen) atoms. The molecular weight excluding hydrogens is 356 g/mol. The van der Waals surface area contributed by atoms with Crippen LogP contribution in [0.5, 0.6) is 0 Å². The third-order valence-electron chi connectivity index (χ3n) is 6.25. The van der Waals surface area contributed by atoms with Gasteiger partial charge in [0.25, 0.3) is 5.91 Å². The second-order valence-electron chi connectivity index (χ2n) is 8.60. The van der Waals surface area contributed by atoms with Crippen molar-refractivity contribution in [2.24, 2.45) is 5.41 Å². The van der Waals surface area contributed by atoms with Crippen LogP contribution in [0.2, 0.25) is 0 Å². The maximum absolute atomic E-state index is 12.5. The molecule has 3 atom stereocenters. The van der Waals surface area contributed by atoms with Gasteiger partial charge < -0.3 is 10.0 Å². The highest BCUT2D eigenvalue weighted by Gasteiger charge is 2.52. The monoisotopic (exact) mass is 384 g/mol. The zero-order valence-corrected chi connectivity index (χ0v) is 16.0. The Labute approximate surface area is 157 Å². The lowest BCUT2D eigenvalue weighted by Crippen LogP contribution is -2.59. The van der Waals surface area contributed by atoms with Gasteiger partial charge in [-0.25, -0.2) is 20.1 Å². The second kappa shape index (κ2) is 6.83. The topological polar surface area (TPSA) is 123 Å². The van der Waals surface area contributed by atoms with Crippen molar-refractivity contribution in [1.29, 1.82) is 0 Å². The number of carboxylic acid groups (broad SMARTS) is 1. The molecule has 3 rings (SSSR count). The number of hydroxylamine groups is 3. The van der Waals surface area contributed by atoms with Crippen molar-refractivity contribution in [2.75, 3.05) is 19.7 Å². The maximum Gasteiger partial charge on any atom is 0.407 e. The van der Waals surface area contributed by atoms with Crippen molar-refractivity contribution in [3.05, 3.63) is 0 Å². The number of urea groups is 1. The first-order chi connectivity index (χ1) is 12.6. The Balaban J connectivity index is 1.63. The van der Waals surface area contributed by atoms with E-state index in [1.807, 2.05) is 20.8 Å². The number of hydrogen-bond acceptors (Lipinski definition) is 5. The number of nitrogens with one attached hydrogen (secondary N) is 1. The number of fused-ring (bicyclic) bond motifs is 2. The van der Waals surface area contributed by atoms with Gasteiger partial charge >= 0.3 is 12.1 Å². The normalized spacial score (nSPS) is 30.8. The molecule has 3 aliphatic heterocycles. The van der Waals surface area contributed by atoms with Crippen LogP contribution in [0.25, 0.3) is 0 Å². The summed E-state index contributed by atoms with van der Waals surface area (Å²) in [6, 6.07) is -1.54. The summed E-state index contributed by atoms with van der Waals surface area (Å²) in [6.45, 7) is 6.65. The van der Waals surface area contributed by atoms with Gasteiger partial charge in [0, 0.05) is 13.1 Å². The molecule has 0 unspecified atom stereocenters. The molecule has 10 nitrogen and oxygen atoms in total. The first kappa shape index (κ1) is 19.7. The van der Waals surface area contributed by atoms with Crippen molar-refractivity contribution in [3.8, 4) is 0 Å². The fourth-order valence-corrected chi connectivity index (χ4v) is 4.52. The summed E-state index contributed by atoms with van der Waals surface area (Å²) in [7, 11) is 0. The zero-order chi connectivity index (χ0) is 20.0. The third kappa shape index (κ3) is 3.20. The van der Waals surface area contributed by atoms with Crippen LogP contribution in [0, 0.1) is 5.41 Å². The van der Waals surface area contributed by atoms with E-state index in [1.165, 1.54) is 9.80 Å². The van der Waals surface area contributed by atoms with Gasteiger partial charge in [-0.1, -0.05) is 20.8 Å². The molecule has 0 saturated carbocycles. The summed E-state index contributed by atoms with van der Waals surface area (Å²) in [4.78, 5) is 44.4. The van der Waals surface area contributed by atoms with Crippen LogP contribution in [0.3, 0.4) is 0 Å². The van der Waals surface area contributed by atoms with Gasteiger partial charge in [-0.2, -0.15) is 0 Å². The van der Waals surface area contributed by atoms with Crippen LogP contribution < -0.4 is 5.48 Å². The van der Waals surface area contributed by atoms with Gasteiger partial charge in [-0.15, -0.1) is 0 Å². The molecule has 0 aromatic heterocycles. The number of nitrogens with zero attached hydrogens (tertiary/aromatic N) is 3. The highest BCUT2D eigenvalue weighted by Crippen LogP contribution is 2.43. The molecule has 0 aromatic carbocycles. The van der Waals surface area contributed by atoms with E-state index < -0.39 is 29.6 Å². The number of carbonyl (C=O) groups is 3. The highest BCUT2D eigenvalue weighted by atomic mass is 16.7. The average Bonchev–Trinajstić information content (AvgIpc) is 3.12. The Morgan fingerprint density at radius 3 is 2.67 bits per heavy atom. The maximum atomic E-state index is 12.5. The number of likely N-dealkylation sites (tertiary alicyclic amines) is 1. The lowest BCUT2D eigenvalue weighted by molar-refractivity contribution is -0.145. The molecular formula is C17H28N4O6. The number of rotatable bonds is 4. The van der Waals surface area contributed by atoms with Crippen LogP contribution in [0.4, 0.5) is 9.59 Å². The van der Waals surface area contributed by atoms with Crippen molar-refractivity contribution < 1.29 is 29.5 Å². The van der Waals surface area contributed by atoms with E-state index in [1.54, 1.807) is 0 Å². The van der Waals surface area contributed by atoms with E-state index in [9.17, 15) is 24.7 Å². The van der Waals surface area contributed by atoms with Gasteiger partial charge in [0.05, 0.1) is 18.2 Å². The molecule has 3 heterocycles. The van der Waals surface area contributed by atoms with Crippen molar-refractivity contribution in [2.45, 2.75) is 64.1 Å². The molecule has 0 aliphatic carbocycles. The fraction of sp³-hybridized carbons (Fsp3) is 0.824. The lowest BCUT2D eigenvalue weighted by atomic mass is 9.72. The minimum Gasteiger partial charge on any atom is -0.465 e. The van der Waals surface area contributed by atoms with Crippen LogP contribution in [-0.4, -0.2) is 80.5 Å². The molecule has 3 aliphatic rings. The summed E-state index contributed by atoms with van der Waals surface area (Å²) in [5.74, 6) is -0.457. The van der Waals surface area contributed by atoms with Gasteiger partial charge in [0.1, 0.15) is 6.04 Å². The Hall–Kier alpha value is -2.07. The van der Waals surface area contributed by atoms with Crippen LogP contribution in [0.1, 0.15) is 46.5 Å². The van der Waals surface area contributed by atoms with E-state index in [2.05, 4.69) is 5.48 Å². The SMILES string of the molecule is CC(C)(C)[C@@]1(CONC(=O)[C@@H]2CC[C@@H]3CN2C(=O)N3O)CCCN1C(=O)O. The summed E-state index contributed by atoms with van der Waals surface area (Å²) in [6.07, 6.45) is 1.36. The van der Waals surface area contributed by atoms with Crippen molar-refractivity contribution in [1.82, 2.24) is 20.3 Å². The van der Waals surface area contributed by atoms with E-state index in [4.69, 9.17) is 4.84 Å². The largest absolute Gasteiger partial charge is 0.465 e. The molecule has 10 heteroatoms. The quantitative estimate of drug-likeness (QED) is 0.495. The summed E-state index contributed by atoms with van der Waals surface area (Å²) >= 11 is 0. The number of carbonyl (C=O) groups excluding carboxylic acids is 2. The van der Waals surface area contributed by atoms with E-state index in [0.29, 0.717) is 37.4 Å². The molecule has 2 bridgehead atoms. The predicted octanol–water partition coefficient (Wildman–Crippen LogP) is 1.25. The van der Waals surface area contributed by atoms with Gasteiger partial charge in [0.15, 0.2) is 0 Å². The Morgan fingerprint density at radius 1 is 1.33 bits per heavy atom. The Morgan fingerprint density at radius 2 is 2.04 bits per heavy atom. The standard InChI is InChI=1S/C17H28N4O6/c1-16(2,3)17(7-4-8-20(17)15(24)25)10-27-18-13(22)12-6-5-11-9-19(12)14(23)21(11)26/h11-12,26H,4-10H2,1-3H3,(H,18,22)(H,24,25)/t11-,12+,17+/m1/s1. The smallest absolute Gasteiger partial charge is 0.407 e. The Bertz CT molecular complexity index is 635. The van der Waals surface area contributed by atoms with E-state index in [0.717, 1.165) is 6.42 Å².